The quantitative estimate of drug-likeness (QED) is 0.0354. The van der Waals surface area contributed by atoms with Crippen LogP contribution in [0, 0.1) is 0 Å². The molecule has 3 rings (SSSR count). The van der Waals surface area contributed by atoms with Gasteiger partial charge in [-0.25, -0.2) is 14.1 Å². The molecule has 2 aromatic heterocycles. The van der Waals surface area contributed by atoms with Gasteiger partial charge < -0.3 is 35.1 Å². The molecule has 0 aliphatic rings. The molecule has 0 saturated carbocycles. The summed E-state index contributed by atoms with van der Waals surface area (Å²) in [5.41, 5.74) is 5.88. The fourth-order valence-corrected chi connectivity index (χ4v) is 7.13. The number of fused-ring (bicyclic) bond motifs is 1. The first kappa shape index (κ1) is 45.9. The van der Waals surface area contributed by atoms with Crippen LogP contribution < -0.4 is 5.73 Å². The van der Waals surface area contributed by atoms with Gasteiger partial charge in [0.05, 0.1) is 32.1 Å². The topological polar surface area (TPSA) is 180 Å². The minimum atomic E-state index is -4.66. The summed E-state index contributed by atoms with van der Waals surface area (Å²) in [5, 5.41) is 26.3. The number of phosphoric ester groups is 1. The SMILES string of the molecule is CCCCCCCCCCCCCCCCCCOC[C@H](COP(=O)(O)OC[C@@](C)(OC)[C@@H](O)[C@@H](O)c1ccc2c(N)ncnn12)OCc1ccccc1. The Morgan fingerprint density at radius 3 is 2.02 bits per heavy atom. The first-order valence-electron chi connectivity index (χ1n) is 19.9. The van der Waals surface area contributed by atoms with Crippen LogP contribution in [0.15, 0.2) is 48.8 Å². The summed E-state index contributed by atoms with van der Waals surface area (Å²) in [6, 6.07) is 12.8. The Hall–Kier alpha value is -2.45. The van der Waals surface area contributed by atoms with E-state index in [0.717, 1.165) is 18.4 Å². The Bertz CT molecular complexity index is 1470. The summed E-state index contributed by atoms with van der Waals surface area (Å²) < 4.78 is 42.4. The van der Waals surface area contributed by atoms with Crippen LogP contribution in [0.3, 0.4) is 0 Å². The third kappa shape index (κ3) is 16.7. The van der Waals surface area contributed by atoms with Crippen LogP contribution >= 0.6 is 7.82 Å². The molecule has 2 heterocycles. The number of nitrogen functional groups attached to an aromatic ring is 1. The summed E-state index contributed by atoms with van der Waals surface area (Å²) in [6.07, 6.45) is 18.2. The van der Waals surface area contributed by atoms with E-state index in [1.165, 1.54) is 115 Å². The number of methoxy groups -OCH3 is 1. The lowest BCUT2D eigenvalue weighted by Gasteiger charge is -2.35. The number of unbranched alkanes of at least 4 members (excludes halogenated alkanes) is 15. The smallest absolute Gasteiger partial charge is 0.387 e. The number of nitrogens with two attached hydrogens (primary N) is 1. The Morgan fingerprint density at radius 1 is 0.833 bits per heavy atom. The van der Waals surface area contributed by atoms with Crippen LogP contribution in [-0.2, 0) is 34.4 Å². The maximum Gasteiger partial charge on any atom is 0.472 e. The molecule has 1 aromatic carbocycles. The maximum atomic E-state index is 13.0. The molecule has 0 bridgehead atoms. The number of phosphoric acid groups is 1. The van der Waals surface area contributed by atoms with Crippen molar-refractivity contribution in [2.45, 2.75) is 147 Å². The Balaban J connectivity index is 1.37. The van der Waals surface area contributed by atoms with Gasteiger partial charge in [0.2, 0.25) is 0 Å². The zero-order valence-electron chi connectivity index (χ0n) is 32.9. The Morgan fingerprint density at radius 2 is 1.43 bits per heavy atom. The second-order valence-electron chi connectivity index (χ2n) is 14.4. The van der Waals surface area contributed by atoms with Crippen molar-refractivity contribution in [3.05, 3.63) is 60.0 Å². The molecule has 1 unspecified atom stereocenters. The zero-order chi connectivity index (χ0) is 39.1. The van der Waals surface area contributed by atoms with Crippen molar-refractivity contribution >= 4 is 19.2 Å². The van der Waals surface area contributed by atoms with Gasteiger partial charge in [0.15, 0.2) is 5.82 Å². The van der Waals surface area contributed by atoms with Crippen LogP contribution in [0.1, 0.15) is 134 Å². The number of rotatable bonds is 32. The van der Waals surface area contributed by atoms with Crippen molar-refractivity contribution in [1.82, 2.24) is 14.6 Å². The lowest BCUT2D eigenvalue weighted by atomic mass is 9.93. The van der Waals surface area contributed by atoms with Crippen LogP contribution in [0.2, 0.25) is 0 Å². The minimum absolute atomic E-state index is 0.172. The Kier molecular flexibility index (Phi) is 21.8. The van der Waals surface area contributed by atoms with Gasteiger partial charge in [-0.2, -0.15) is 5.10 Å². The van der Waals surface area contributed by atoms with Crippen molar-refractivity contribution in [2.75, 3.05) is 39.3 Å². The molecule has 0 spiro atoms. The van der Waals surface area contributed by atoms with Crippen molar-refractivity contribution in [2.24, 2.45) is 0 Å². The van der Waals surface area contributed by atoms with Gasteiger partial charge in [0.25, 0.3) is 0 Å². The highest BCUT2D eigenvalue weighted by Gasteiger charge is 2.42. The number of aliphatic hydroxyl groups excluding tert-OH is 2. The third-order valence-electron chi connectivity index (χ3n) is 9.92. The van der Waals surface area contributed by atoms with E-state index in [0.29, 0.717) is 12.1 Å². The van der Waals surface area contributed by atoms with Gasteiger partial charge >= 0.3 is 7.82 Å². The number of nitrogens with zero attached hydrogens (tertiary/aromatic N) is 3. The van der Waals surface area contributed by atoms with Crippen LogP contribution in [0.4, 0.5) is 5.82 Å². The molecule has 306 valence electrons. The van der Waals surface area contributed by atoms with E-state index in [2.05, 4.69) is 17.0 Å². The van der Waals surface area contributed by atoms with E-state index < -0.39 is 38.3 Å². The van der Waals surface area contributed by atoms with E-state index in [-0.39, 0.29) is 31.3 Å². The van der Waals surface area contributed by atoms with Crippen molar-refractivity contribution < 1.29 is 42.9 Å². The normalized spacial score (nSPS) is 15.9. The fourth-order valence-electron chi connectivity index (χ4n) is 6.28. The second-order valence-corrected chi connectivity index (χ2v) is 15.9. The van der Waals surface area contributed by atoms with Gasteiger partial charge in [0, 0.05) is 13.7 Å². The highest BCUT2D eigenvalue weighted by atomic mass is 31.2. The molecule has 5 atom stereocenters. The molecule has 5 N–H and O–H groups in total. The lowest BCUT2D eigenvalue weighted by Crippen LogP contribution is -2.48. The summed E-state index contributed by atoms with van der Waals surface area (Å²) in [6.45, 7) is 3.85. The molecular formula is C40H67N4O9P. The molecule has 0 fully saturated rings. The van der Waals surface area contributed by atoms with Gasteiger partial charge in [-0.05, 0) is 31.0 Å². The summed E-state index contributed by atoms with van der Waals surface area (Å²) in [5.74, 6) is 0.200. The van der Waals surface area contributed by atoms with Crippen molar-refractivity contribution in [3.63, 3.8) is 0 Å². The van der Waals surface area contributed by atoms with E-state index in [1.807, 2.05) is 30.3 Å². The van der Waals surface area contributed by atoms with Crippen LogP contribution in [0.25, 0.3) is 5.52 Å². The maximum absolute atomic E-state index is 13.0. The molecule has 54 heavy (non-hydrogen) atoms. The fraction of sp³-hybridized carbons (Fsp3) is 0.700. The van der Waals surface area contributed by atoms with Gasteiger partial charge in [0.1, 0.15) is 35.8 Å². The molecule has 13 nitrogen and oxygen atoms in total. The largest absolute Gasteiger partial charge is 0.472 e. The predicted octanol–water partition coefficient (Wildman–Crippen LogP) is 8.11. The first-order chi connectivity index (χ1) is 26.1. The third-order valence-corrected chi connectivity index (χ3v) is 10.8. The van der Waals surface area contributed by atoms with Gasteiger partial charge in [-0.1, -0.05) is 134 Å². The predicted molar refractivity (Wildman–Crippen MR) is 211 cm³/mol. The van der Waals surface area contributed by atoms with E-state index in [4.69, 9.17) is 29.0 Å². The summed E-state index contributed by atoms with van der Waals surface area (Å²) >= 11 is 0. The molecule has 0 saturated heterocycles. The molecule has 3 aromatic rings. The molecule has 0 amide bonds. The van der Waals surface area contributed by atoms with Gasteiger partial charge in [-0.3, -0.25) is 9.05 Å². The number of ether oxygens (including phenoxy) is 3. The number of anilines is 1. The zero-order valence-corrected chi connectivity index (χ0v) is 33.8. The number of aromatic nitrogens is 3. The molecule has 0 aliphatic heterocycles. The minimum Gasteiger partial charge on any atom is -0.387 e. The second kappa shape index (κ2) is 25.7. The van der Waals surface area contributed by atoms with E-state index in [1.54, 1.807) is 12.1 Å². The Labute approximate surface area is 322 Å². The van der Waals surface area contributed by atoms with Crippen LogP contribution in [-0.4, -0.2) is 81.1 Å². The highest BCUT2D eigenvalue weighted by molar-refractivity contribution is 7.47. The number of benzene rings is 1. The molecule has 14 heteroatoms. The lowest BCUT2D eigenvalue weighted by molar-refractivity contribution is -0.155. The number of aliphatic hydroxyl groups is 2. The average molecular weight is 779 g/mol. The molecular weight excluding hydrogens is 711 g/mol. The average Bonchev–Trinajstić information content (AvgIpc) is 3.62. The van der Waals surface area contributed by atoms with E-state index >= 15 is 0 Å². The first-order valence-corrected chi connectivity index (χ1v) is 21.4. The summed E-state index contributed by atoms with van der Waals surface area (Å²) in [7, 11) is -3.36. The summed E-state index contributed by atoms with van der Waals surface area (Å²) in [4.78, 5) is 14.5. The number of hydrogen-bond acceptors (Lipinski definition) is 11. The van der Waals surface area contributed by atoms with Crippen molar-refractivity contribution in [1.29, 1.82) is 0 Å². The monoisotopic (exact) mass is 778 g/mol. The molecule has 0 radical (unpaired) electrons. The van der Waals surface area contributed by atoms with Crippen molar-refractivity contribution in [3.8, 4) is 0 Å². The standard InChI is InChI=1S/C40H67N4O9P/c1-4-5-6-7-8-9-10-11-12-13-14-15-16-17-18-22-27-50-29-34(51-28-33-23-20-19-21-24-33)30-52-54(47,48)53-31-40(2,49-3)38(46)37(45)35-25-26-36-39(41)42-32-43-44(35)36/h19-21,23-26,32,34,37-38,45-46H,4-18,22,27-31H2,1-3H3,(H,47,48)(H2,41,42,43)/t34-,37+,38+,40-/m1/s1. The number of hydrogen-bond donors (Lipinski definition) is 4. The molecule has 0 aliphatic carbocycles. The van der Waals surface area contributed by atoms with E-state index in [9.17, 15) is 19.7 Å². The highest BCUT2D eigenvalue weighted by Crippen LogP contribution is 2.45. The van der Waals surface area contributed by atoms with Gasteiger partial charge in [-0.15, -0.1) is 0 Å². The van der Waals surface area contributed by atoms with Crippen LogP contribution in [0.5, 0.6) is 0 Å².